The van der Waals surface area contributed by atoms with Crippen LogP contribution in [0.15, 0.2) is 24.3 Å². The number of benzene rings is 1. The Morgan fingerprint density at radius 3 is 2.20 bits per heavy atom. The summed E-state index contributed by atoms with van der Waals surface area (Å²) in [6.07, 6.45) is 0.275. The maximum Gasteiger partial charge on any atom is 0.250 e. The quantitative estimate of drug-likeness (QED) is 0.799. The fourth-order valence-corrected chi connectivity index (χ4v) is 2.45. The monoisotopic (exact) mass is 296 g/mol. The van der Waals surface area contributed by atoms with E-state index in [1.165, 1.54) is 0 Å². The van der Waals surface area contributed by atoms with Gasteiger partial charge in [-0.1, -0.05) is 32.9 Å². The molecule has 4 heteroatoms. The molecule has 0 bridgehead atoms. The second kappa shape index (κ2) is 6.63. The van der Waals surface area contributed by atoms with E-state index in [0.29, 0.717) is 13.0 Å². The van der Waals surface area contributed by atoms with Gasteiger partial charge in [0.05, 0.1) is 12.7 Å². The van der Waals surface area contributed by atoms with Gasteiger partial charge in [-0.05, 0) is 37.2 Å². The zero-order valence-corrected chi connectivity index (χ0v) is 14.6. The summed E-state index contributed by atoms with van der Waals surface area (Å²) in [6, 6.07) is 7.78. The molecule has 20 heavy (non-hydrogen) atoms. The van der Waals surface area contributed by atoms with E-state index in [0.717, 1.165) is 11.5 Å². The summed E-state index contributed by atoms with van der Waals surface area (Å²) in [6.45, 7) is 13.4. The third kappa shape index (κ3) is 4.83. The van der Waals surface area contributed by atoms with Crippen molar-refractivity contribution in [3.63, 3.8) is 0 Å². The Morgan fingerprint density at radius 2 is 1.70 bits per heavy atom. The molecule has 0 fully saturated rings. The van der Waals surface area contributed by atoms with Crippen LogP contribution in [0.1, 0.15) is 34.1 Å². The van der Waals surface area contributed by atoms with Gasteiger partial charge in [0.1, 0.15) is 5.75 Å². The van der Waals surface area contributed by atoms with Crippen molar-refractivity contribution in [2.75, 3.05) is 6.61 Å². The molecule has 3 nitrogen and oxygen atoms in total. The predicted octanol–water partition coefficient (Wildman–Crippen LogP) is 4.22. The van der Waals surface area contributed by atoms with Gasteiger partial charge in [-0.25, -0.2) is 0 Å². The number of aliphatic hydroxyl groups is 1. The van der Waals surface area contributed by atoms with Gasteiger partial charge in [0.25, 0.3) is 8.32 Å². The molecule has 1 N–H and O–H groups in total. The number of para-hydroxylation sites is 2. The average molecular weight is 296 g/mol. The topological polar surface area (TPSA) is 38.7 Å². The molecule has 0 saturated carbocycles. The van der Waals surface area contributed by atoms with Crippen LogP contribution in [0.2, 0.25) is 18.1 Å². The fraction of sp³-hybridized carbons (Fsp3) is 0.625. The van der Waals surface area contributed by atoms with Gasteiger partial charge >= 0.3 is 0 Å². The third-order valence-corrected chi connectivity index (χ3v) is 8.16. The molecule has 1 aromatic carbocycles. The molecule has 0 spiro atoms. The van der Waals surface area contributed by atoms with Crippen LogP contribution in [0.5, 0.6) is 11.5 Å². The van der Waals surface area contributed by atoms with Crippen LogP contribution < -0.4 is 9.16 Å². The summed E-state index contributed by atoms with van der Waals surface area (Å²) in [7, 11) is -1.87. The average Bonchev–Trinajstić information content (AvgIpc) is 2.29. The number of hydrogen-bond acceptors (Lipinski definition) is 3. The highest BCUT2D eigenvalue weighted by Crippen LogP contribution is 2.39. The first-order valence-corrected chi connectivity index (χ1v) is 10.1. The second-order valence-corrected chi connectivity index (χ2v) is 11.5. The van der Waals surface area contributed by atoms with E-state index in [1.54, 1.807) is 6.92 Å². The van der Waals surface area contributed by atoms with Gasteiger partial charge in [0.15, 0.2) is 5.75 Å². The zero-order chi connectivity index (χ0) is 15.4. The summed E-state index contributed by atoms with van der Waals surface area (Å²) in [5.41, 5.74) is 0. The Kier molecular flexibility index (Phi) is 5.65. The van der Waals surface area contributed by atoms with Crippen molar-refractivity contribution in [3.8, 4) is 11.5 Å². The van der Waals surface area contributed by atoms with Crippen LogP contribution in [0.4, 0.5) is 0 Å². The molecular formula is C16H28O3Si. The van der Waals surface area contributed by atoms with Gasteiger partial charge in [0.2, 0.25) is 0 Å². The van der Waals surface area contributed by atoms with Gasteiger partial charge in [-0.15, -0.1) is 0 Å². The summed E-state index contributed by atoms with van der Waals surface area (Å²) in [5.74, 6) is 1.57. The van der Waals surface area contributed by atoms with Crippen LogP contribution in [0.25, 0.3) is 0 Å². The highest BCUT2D eigenvalue weighted by atomic mass is 28.4. The van der Waals surface area contributed by atoms with E-state index in [4.69, 9.17) is 9.16 Å². The largest absolute Gasteiger partial charge is 0.541 e. The molecule has 114 valence electrons. The van der Waals surface area contributed by atoms with Crippen LogP contribution >= 0.6 is 0 Å². The lowest BCUT2D eigenvalue weighted by molar-refractivity contribution is 0.154. The molecule has 1 rings (SSSR count). The van der Waals surface area contributed by atoms with E-state index >= 15 is 0 Å². The second-order valence-electron chi connectivity index (χ2n) is 6.80. The Morgan fingerprint density at radius 1 is 1.15 bits per heavy atom. The van der Waals surface area contributed by atoms with E-state index in [-0.39, 0.29) is 11.1 Å². The molecule has 1 unspecified atom stereocenters. The smallest absolute Gasteiger partial charge is 0.250 e. The number of ether oxygens (including phenoxy) is 1. The molecule has 0 aliphatic carbocycles. The molecule has 0 radical (unpaired) electrons. The van der Waals surface area contributed by atoms with Gasteiger partial charge < -0.3 is 14.3 Å². The minimum absolute atomic E-state index is 0.153. The highest BCUT2D eigenvalue weighted by Gasteiger charge is 2.39. The lowest BCUT2D eigenvalue weighted by atomic mass is 10.2. The number of rotatable bonds is 6. The van der Waals surface area contributed by atoms with Crippen molar-refractivity contribution >= 4 is 8.32 Å². The summed E-state index contributed by atoms with van der Waals surface area (Å²) in [5, 5.41) is 9.44. The molecule has 0 aromatic heterocycles. The van der Waals surface area contributed by atoms with Gasteiger partial charge in [-0.3, -0.25) is 0 Å². The van der Waals surface area contributed by atoms with Crippen LogP contribution in [-0.2, 0) is 0 Å². The van der Waals surface area contributed by atoms with Crippen molar-refractivity contribution < 1.29 is 14.3 Å². The Bertz CT molecular complexity index is 422. The van der Waals surface area contributed by atoms with Crippen molar-refractivity contribution in [1.82, 2.24) is 0 Å². The lowest BCUT2D eigenvalue weighted by Gasteiger charge is -2.36. The van der Waals surface area contributed by atoms with E-state index in [9.17, 15) is 5.11 Å². The van der Waals surface area contributed by atoms with E-state index < -0.39 is 8.32 Å². The Hall–Kier alpha value is -1.00. The van der Waals surface area contributed by atoms with E-state index in [1.807, 2.05) is 24.3 Å². The predicted molar refractivity (Wildman–Crippen MR) is 86.1 cm³/mol. The summed E-state index contributed by atoms with van der Waals surface area (Å²) >= 11 is 0. The first-order chi connectivity index (χ1) is 9.13. The number of hydrogen-bond donors (Lipinski definition) is 1. The van der Waals surface area contributed by atoms with Gasteiger partial charge in [0, 0.05) is 6.42 Å². The molecule has 0 aliphatic rings. The minimum Gasteiger partial charge on any atom is -0.541 e. The first-order valence-electron chi connectivity index (χ1n) is 7.22. The van der Waals surface area contributed by atoms with Crippen LogP contribution in [0, 0.1) is 0 Å². The highest BCUT2D eigenvalue weighted by molar-refractivity contribution is 6.74. The molecule has 0 amide bonds. The SMILES string of the molecule is CC(O)CCOc1ccccc1O[Si](C)(C)C(C)(C)C. The molecule has 0 aliphatic heterocycles. The van der Waals surface area contributed by atoms with E-state index in [2.05, 4.69) is 33.9 Å². The Balaban J connectivity index is 2.80. The molecule has 0 heterocycles. The maximum absolute atomic E-state index is 9.29. The van der Waals surface area contributed by atoms with Crippen molar-refractivity contribution in [2.24, 2.45) is 0 Å². The fourth-order valence-electron chi connectivity index (χ4n) is 1.42. The standard InChI is InChI=1S/C16H28O3Si/c1-13(17)11-12-18-14-9-7-8-10-15(14)19-20(5,6)16(2,3)4/h7-10,13,17H,11-12H2,1-6H3. The molecular weight excluding hydrogens is 268 g/mol. The lowest BCUT2D eigenvalue weighted by Crippen LogP contribution is -2.43. The van der Waals surface area contributed by atoms with Crippen molar-refractivity contribution in [3.05, 3.63) is 24.3 Å². The molecule has 1 atom stereocenters. The molecule has 1 aromatic rings. The normalized spacial score (nSPS) is 13.9. The Labute approximate surface area is 124 Å². The summed E-state index contributed by atoms with van der Waals surface area (Å²) < 4.78 is 12.1. The summed E-state index contributed by atoms with van der Waals surface area (Å²) in [4.78, 5) is 0. The first kappa shape index (κ1) is 17.0. The number of aliphatic hydroxyl groups excluding tert-OH is 1. The van der Waals surface area contributed by atoms with Crippen molar-refractivity contribution in [2.45, 2.75) is 58.4 Å². The van der Waals surface area contributed by atoms with Gasteiger partial charge in [-0.2, -0.15) is 0 Å². The van der Waals surface area contributed by atoms with Crippen LogP contribution in [0.3, 0.4) is 0 Å². The minimum atomic E-state index is -1.87. The zero-order valence-electron chi connectivity index (χ0n) is 13.6. The van der Waals surface area contributed by atoms with Crippen LogP contribution in [-0.4, -0.2) is 26.1 Å². The third-order valence-electron chi connectivity index (χ3n) is 3.81. The van der Waals surface area contributed by atoms with Crippen molar-refractivity contribution in [1.29, 1.82) is 0 Å². The molecule has 0 saturated heterocycles. The maximum atomic E-state index is 9.29.